The van der Waals surface area contributed by atoms with Crippen LogP contribution in [0.4, 0.5) is 5.69 Å². The van der Waals surface area contributed by atoms with E-state index in [1.54, 1.807) is 42.5 Å². The summed E-state index contributed by atoms with van der Waals surface area (Å²) in [6, 6.07) is 12.2. The van der Waals surface area contributed by atoms with E-state index >= 15 is 0 Å². The van der Waals surface area contributed by atoms with E-state index in [0.29, 0.717) is 33.1 Å². The Morgan fingerprint density at radius 2 is 2.00 bits per heavy atom. The molecule has 108 valence electrons. The number of aliphatic imine (C=N–C) groups is 1. The average Bonchev–Trinajstić information content (AvgIpc) is 2.65. The van der Waals surface area contributed by atoms with Gasteiger partial charge in [-0.3, -0.25) is 4.79 Å². The first-order valence-corrected chi connectivity index (χ1v) is 6.90. The first-order chi connectivity index (χ1) is 10.6. The number of anilines is 1. The highest BCUT2D eigenvalue weighted by molar-refractivity contribution is 6.36. The van der Waals surface area contributed by atoms with Crippen molar-refractivity contribution in [3.63, 3.8) is 0 Å². The number of nitrogens with zero attached hydrogens (tertiary/aromatic N) is 1. The fraction of sp³-hybridized carbons (Fsp3) is 0.0588. The Morgan fingerprint density at radius 3 is 2.73 bits per heavy atom. The lowest BCUT2D eigenvalue weighted by Gasteiger charge is -2.11. The number of amides is 1. The van der Waals surface area contributed by atoms with Crippen molar-refractivity contribution in [3.05, 3.63) is 64.2 Å². The summed E-state index contributed by atoms with van der Waals surface area (Å²) < 4.78 is 0. The van der Waals surface area contributed by atoms with Gasteiger partial charge in [0, 0.05) is 21.7 Å². The highest BCUT2D eigenvalue weighted by Gasteiger charge is 2.25. The molecule has 0 saturated carbocycles. The van der Waals surface area contributed by atoms with Crippen LogP contribution in [0.3, 0.4) is 0 Å². The summed E-state index contributed by atoms with van der Waals surface area (Å²) >= 11 is 6.23. The van der Waals surface area contributed by atoms with Crippen molar-refractivity contribution < 1.29 is 9.90 Å². The van der Waals surface area contributed by atoms with Gasteiger partial charge in [0.1, 0.15) is 0 Å². The van der Waals surface area contributed by atoms with Crippen molar-refractivity contribution in [2.45, 2.75) is 6.23 Å². The maximum atomic E-state index is 11.9. The SMILES string of the molecule is C#Cc1ccc2c(c1)C(c1ccccc1Cl)=NC(O)C(=O)N2. The first kappa shape index (κ1) is 14.3. The number of aliphatic hydroxyl groups is 1. The van der Waals surface area contributed by atoms with Gasteiger partial charge in [-0.15, -0.1) is 6.42 Å². The van der Waals surface area contributed by atoms with Crippen LogP contribution in [-0.2, 0) is 4.79 Å². The molecule has 0 aliphatic carbocycles. The Morgan fingerprint density at radius 1 is 1.23 bits per heavy atom. The lowest BCUT2D eigenvalue weighted by atomic mass is 9.98. The minimum atomic E-state index is -1.51. The summed E-state index contributed by atoms with van der Waals surface area (Å²) in [5.41, 5.74) is 2.83. The molecular weight excluding hydrogens is 300 g/mol. The summed E-state index contributed by atoms with van der Waals surface area (Å²) in [7, 11) is 0. The molecule has 1 unspecified atom stereocenters. The lowest BCUT2D eigenvalue weighted by molar-refractivity contribution is -0.123. The van der Waals surface area contributed by atoms with Gasteiger partial charge in [0.2, 0.25) is 6.23 Å². The van der Waals surface area contributed by atoms with E-state index in [0.717, 1.165) is 0 Å². The largest absolute Gasteiger partial charge is 0.364 e. The van der Waals surface area contributed by atoms with Crippen LogP contribution < -0.4 is 5.32 Å². The predicted molar refractivity (Wildman–Crippen MR) is 86.1 cm³/mol. The monoisotopic (exact) mass is 310 g/mol. The van der Waals surface area contributed by atoms with Crippen molar-refractivity contribution in [1.29, 1.82) is 0 Å². The van der Waals surface area contributed by atoms with Crippen LogP contribution in [0.1, 0.15) is 16.7 Å². The number of hydrogen-bond acceptors (Lipinski definition) is 3. The van der Waals surface area contributed by atoms with Crippen LogP contribution in [0, 0.1) is 12.3 Å². The molecule has 0 bridgehead atoms. The van der Waals surface area contributed by atoms with E-state index < -0.39 is 12.1 Å². The number of benzene rings is 2. The third-order valence-electron chi connectivity index (χ3n) is 3.31. The van der Waals surface area contributed by atoms with Crippen LogP contribution in [-0.4, -0.2) is 23.0 Å². The summed E-state index contributed by atoms with van der Waals surface area (Å²) in [5.74, 6) is 1.94. The van der Waals surface area contributed by atoms with Gasteiger partial charge in [0.05, 0.1) is 11.4 Å². The predicted octanol–water partition coefficient (Wildman–Crippen LogP) is 2.43. The number of carbonyl (C=O) groups is 1. The Hall–Kier alpha value is -2.61. The zero-order valence-electron chi connectivity index (χ0n) is 11.4. The quantitative estimate of drug-likeness (QED) is 0.795. The zero-order valence-corrected chi connectivity index (χ0v) is 12.1. The summed E-state index contributed by atoms with van der Waals surface area (Å²) in [5, 5.41) is 13.0. The molecule has 3 rings (SSSR count). The van der Waals surface area contributed by atoms with Crippen molar-refractivity contribution in [2.75, 3.05) is 5.32 Å². The van der Waals surface area contributed by atoms with Crippen LogP contribution in [0.25, 0.3) is 0 Å². The van der Waals surface area contributed by atoms with Crippen molar-refractivity contribution in [1.82, 2.24) is 0 Å². The Kier molecular flexibility index (Phi) is 3.68. The smallest absolute Gasteiger partial charge is 0.276 e. The summed E-state index contributed by atoms with van der Waals surface area (Å²) in [4.78, 5) is 16.0. The molecule has 5 heteroatoms. The van der Waals surface area contributed by atoms with E-state index in [9.17, 15) is 9.90 Å². The highest BCUT2D eigenvalue weighted by Crippen LogP contribution is 2.28. The number of terminal acetylenes is 1. The molecule has 22 heavy (non-hydrogen) atoms. The van der Waals surface area contributed by atoms with Crippen molar-refractivity contribution in [2.24, 2.45) is 4.99 Å². The maximum Gasteiger partial charge on any atom is 0.276 e. The number of carbonyl (C=O) groups excluding carboxylic acids is 1. The Balaban J connectivity index is 2.28. The van der Waals surface area contributed by atoms with Gasteiger partial charge < -0.3 is 10.4 Å². The molecule has 1 aliphatic heterocycles. The molecular formula is C17H11ClN2O2. The average molecular weight is 311 g/mol. The maximum absolute atomic E-state index is 11.9. The Bertz CT molecular complexity index is 837. The van der Waals surface area contributed by atoms with Crippen molar-refractivity contribution in [3.8, 4) is 12.3 Å². The second-order valence-electron chi connectivity index (χ2n) is 4.73. The minimum Gasteiger partial charge on any atom is -0.364 e. The number of halogens is 1. The van der Waals surface area contributed by atoms with E-state index in [-0.39, 0.29) is 0 Å². The van der Waals surface area contributed by atoms with E-state index in [4.69, 9.17) is 18.0 Å². The van der Waals surface area contributed by atoms with Gasteiger partial charge in [0.25, 0.3) is 5.91 Å². The number of aliphatic hydroxyl groups excluding tert-OH is 1. The van der Waals surface area contributed by atoms with Gasteiger partial charge >= 0.3 is 0 Å². The van der Waals surface area contributed by atoms with Gasteiger partial charge in [-0.25, -0.2) is 4.99 Å². The number of nitrogens with one attached hydrogen (secondary N) is 1. The minimum absolute atomic E-state index is 0.420. The zero-order chi connectivity index (χ0) is 15.7. The standard InChI is InChI=1S/C17H11ClN2O2/c1-2-10-7-8-14-12(9-10)15(20-17(22)16(21)19-14)11-5-3-4-6-13(11)18/h1,3-9,17,22H,(H,19,21). The van der Waals surface area contributed by atoms with E-state index in [2.05, 4.69) is 16.2 Å². The molecule has 1 aliphatic rings. The van der Waals surface area contributed by atoms with Gasteiger partial charge in [-0.2, -0.15) is 0 Å². The molecule has 0 aromatic heterocycles. The number of hydrogen-bond donors (Lipinski definition) is 2. The third kappa shape index (κ3) is 2.48. The molecule has 0 spiro atoms. The molecule has 1 heterocycles. The molecule has 1 atom stereocenters. The summed E-state index contributed by atoms with van der Waals surface area (Å²) in [6.07, 6.45) is 3.93. The lowest BCUT2D eigenvalue weighted by Crippen LogP contribution is -2.24. The van der Waals surface area contributed by atoms with Crippen LogP contribution in [0.5, 0.6) is 0 Å². The molecule has 2 aromatic carbocycles. The molecule has 0 radical (unpaired) electrons. The van der Waals surface area contributed by atoms with Gasteiger partial charge in [0.15, 0.2) is 0 Å². The third-order valence-corrected chi connectivity index (χ3v) is 3.64. The normalized spacial score (nSPS) is 16.9. The second kappa shape index (κ2) is 5.64. The fourth-order valence-electron chi connectivity index (χ4n) is 2.25. The van der Waals surface area contributed by atoms with Crippen LogP contribution >= 0.6 is 11.6 Å². The molecule has 2 aromatic rings. The Labute approximate surface area is 132 Å². The molecule has 2 N–H and O–H groups in total. The first-order valence-electron chi connectivity index (χ1n) is 6.53. The van der Waals surface area contributed by atoms with Crippen molar-refractivity contribution >= 4 is 28.9 Å². The fourth-order valence-corrected chi connectivity index (χ4v) is 2.48. The van der Waals surface area contributed by atoms with Gasteiger partial charge in [-0.05, 0) is 24.3 Å². The number of fused-ring (bicyclic) bond motifs is 1. The van der Waals surface area contributed by atoms with Gasteiger partial charge in [-0.1, -0.05) is 35.7 Å². The molecule has 0 saturated heterocycles. The van der Waals surface area contributed by atoms with E-state index in [1.807, 2.05) is 0 Å². The number of benzodiazepines with no additional fused rings is 1. The van der Waals surface area contributed by atoms with Crippen LogP contribution in [0.2, 0.25) is 5.02 Å². The molecule has 1 amide bonds. The van der Waals surface area contributed by atoms with Crippen LogP contribution in [0.15, 0.2) is 47.5 Å². The second-order valence-corrected chi connectivity index (χ2v) is 5.13. The van der Waals surface area contributed by atoms with E-state index in [1.165, 1.54) is 0 Å². The topological polar surface area (TPSA) is 61.7 Å². The number of rotatable bonds is 1. The summed E-state index contributed by atoms with van der Waals surface area (Å²) in [6.45, 7) is 0. The molecule has 4 nitrogen and oxygen atoms in total. The molecule has 0 fully saturated rings. The highest BCUT2D eigenvalue weighted by atomic mass is 35.5.